The quantitative estimate of drug-likeness (QED) is 0.235. The van der Waals surface area contributed by atoms with E-state index in [1.165, 1.54) is 5.39 Å². The molecule has 0 amide bonds. The smallest absolute Gasteiger partial charge is 0.191 e. The van der Waals surface area contributed by atoms with Crippen LogP contribution < -0.4 is 4.74 Å². The van der Waals surface area contributed by atoms with Gasteiger partial charge in [-0.2, -0.15) is 0 Å². The second-order valence-electron chi connectivity index (χ2n) is 6.98. The lowest BCUT2D eigenvalue weighted by atomic mass is 10.1. The van der Waals surface area contributed by atoms with Crippen LogP contribution in [0.1, 0.15) is 13.8 Å². The van der Waals surface area contributed by atoms with Crippen LogP contribution in [-0.4, -0.2) is 31.2 Å². The first-order valence-electron chi connectivity index (χ1n) is 10.4. The van der Waals surface area contributed by atoms with Gasteiger partial charge in [-0.15, -0.1) is 0 Å². The molecule has 0 aliphatic carbocycles. The van der Waals surface area contributed by atoms with E-state index in [0.717, 1.165) is 30.9 Å². The Kier molecular flexibility index (Phi) is 9.36. The fourth-order valence-electron chi connectivity index (χ4n) is 3.17. The molecule has 0 aliphatic rings. The van der Waals surface area contributed by atoms with E-state index >= 15 is 0 Å². The van der Waals surface area contributed by atoms with Gasteiger partial charge in [-0.3, -0.25) is 0 Å². The molecule has 0 atom stereocenters. The van der Waals surface area contributed by atoms with Crippen LogP contribution in [0.2, 0.25) is 0 Å². The first-order valence-corrected chi connectivity index (χ1v) is 12.0. The number of hydrogen-bond acceptors (Lipinski definition) is 4. The summed E-state index contributed by atoms with van der Waals surface area (Å²) in [5, 5.41) is 13.7. The number of fused-ring (bicyclic) bond motifs is 2. The molecule has 0 heterocycles. The highest BCUT2D eigenvalue weighted by Crippen LogP contribution is 2.25. The molecular formula is C26H26Br2O4. The van der Waals surface area contributed by atoms with E-state index in [-0.39, 0.29) is 6.29 Å². The van der Waals surface area contributed by atoms with Gasteiger partial charge in [0.15, 0.2) is 6.29 Å². The standard InChI is InChI=1S/C16H19BrO3.C10H7BrO/c1-3-18-16(19-4-2)11-20-15-8-6-12-9-14(17)7-5-13(12)10-15;11-9-3-1-8-6-10(12)4-2-7(8)5-9/h5-10,16H,3-4,11H2,1-2H3;1-6,12H. The largest absolute Gasteiger partial charge is 0.508 e. The third kappa shape index (κ3) is 7.20. The Morgan fingerprint density at radius 3 is 1.78 bits per heavy atom. The second kappa shape index (κ2) is 12.2. The Hall–Kier alpha value is -2.12. The maximum Gasteiger partial charge on any atom is 0.191 e. The van der Waals surface area contributed by atoms with Gasteiger partial charge in [0.1, 0.15) is 18.1 Å². The van der Waals surface area contributed by atoms with E-state index in [2.05, 4.69) is 44.0 Å². The summed E-state index contributed by atoms with van der Waals surface area (Å²) in [6, 6.07) is 23.5. The van der Waals surface area contributed by atoms with Crippen LogP contribution in [0.4, 0.5) is 0 Å². The highest BCUT2D eigenvalue weighted by molar-refractivity contribution is 9.10. The summed E-state index contributed by atoms with van der Waals surface area (Å²) in [5.41, 5.74) is 0. The zero-order chi connectivity index (χ0) is 22.9. The van der Waals surface area contributed by atoms with E-state index in [1.54, 1.807) is 12.1 Å². The Balaban J connectivity index is 0.000000204. The first-order chi connectivity index (χ1) is 15.5. The van der Waals surface area contributed by atoms with Crippen molar-refractivity contribution in [2.24, 2.45) is 0 Å². The zero-order valence-corrected chi connectivity index (χ0v) is 21.2. The Morgan fingerprint density at radius 2 is 1.19 bits per heavy atom. The summed E-state index contributed by atoms with van der Waals surface area (Å²) in [6.07, 6.45) is -0.314. The van der Waals surface area contributed by atoms with Crippen molar-refractivity contribution in [3.8, 4) is 11.5 Å². The minimum atomic E-state index is -0.314. The molecule has 0 fully saturated rings. The average Bonchev–Trinajstić information content (AvgIpc) is 2.78. The van der Waals surface area contributed by atoms with Crippen molar-refractivity contribution in [3.05, 3.63) is 81.7 Å². The molecule has 4 nitrogen and oxygen atoms in total. The number of rotatable bonds is 7. The lowest BCUT2D eigenvalue weighted by Gasteiger charge is -2.17. The van der Waals surface area contributed by atoms with E-state index in [4.69, 9.17) is 14.2 Å². The minimum absolute atomic E-state index is 0.310. The first kappa shape index (κ1) is 24.5. The molecule has 0 aliphatic heterocycles. The number of ether oxygens (including phenoxy) is 3. The third-order valence-electron chi connectivity index (χ3n) is 4.65. The lowest BCUT2D eigenvalue weighted by molar-refractivity contribution is -0.152. The molecule has 0 radical (unpaired) electrons. The Morgan fingerprint density at radius 1 is 0.688 bits per heavy atom. The number of aromatic hydroxyl groups is 1. The number of hydrogen-bond donors (Lipinski definition) is 1. The van der Waals surface area contributed by atoms with Gasteiger partial charge in [0, 0.05) is 22.2 Å². The van der Waals surface area contributed by atoms with Crippen LogP contribution in [-0.2, 0) is 9.47 Å². The molecule has 0 unspecified atom stereocenters. The van der Waals surface area contributed by atoms with Crippen LogP contribution in [0.5, 0.6) is 11.5 Å². The highest BCUT2D eigenvalue weighted by Gasteiger charge is 2.09. The summed E-state index contributed by atoms with van der Waals surface area (Å²) >= 11 is 6.86. The van der Waals surface area contributed by atoms with Crippen LogP contribution in [0.25, 0.3) is 21.5 Å². The minimum Gasteiger partial charge on any atom is -0.508 e. The predicted molar refractivity (Wildman–Crippen MR) is 137 cm³/mol. The molecule has 4 aromatic rings. The molecule has 0 aromatic heterocycles. The van der Waals surface area contributed by atoms with E-state index in [0.29, 0.717) is 25.6 Å². The van der Waals surface area contributed by atoms with Gasteiger partial charge in [-0.1, -0.05) is 56.1 Å². The molecule has 32 heavy (non-hydrogen) atoms. The maximum atomic E-state index is 9.19. The summed E-state index contributed by atoms with van der Waals surface area (Å²) in [6.45, 7) is 5.50. The summed E-state index contributed by atoms with van der Waals surface area (Å²) < 4.78 is 18.8. The van der Waals surface area contributed by atoms with Crippen molar-refractivity contribution in [2.45, 2.75) is 20.1 Å². The van der Waals surface area contributed by atoms with Gasteiger partial charge in [0.05, 0.1) is 0 Å². The Bertz CT molecular complexity index is 1120. The maximum absolute atomic E-state index is 9.19. The SMILES string of the molecule is CCOC(COc1ccc2cc(Br)ccc2c1)OCC.Oc1ccc2cc(Br)ccc2c1. The molecule has 4 rings (SSSR count). The number of benzene rings is 4. The number of phenols is 1. The van der Waals surface area contributed by atoms with Gasteiger partial charge in [0.25, 0.3) is 0 Å². The topological polar surface area (TPSA) is 47.9 Å². The molecule has 168 valence electrons. The molecule has 0 spiro atoms. The van der Waals surface area contributed by atoms with Crippen LogP contribution >= 0.6 is 31.9 Å². The Labute approximate surface area is 205 Å². The van der Waals surface area contributed by atoms with Crippen molar-refractivity contribution < 1.29 is 19.3 Å². The van der Waals surface area contributed by atoms with Crippen molar-refractivity contribution in [1.82, 2.24) is 0 Å². The summed E-state index contributed by atoms with van der Waals surface area (Å²) in [4.78, 5) is 0. The summed E-state index contributed by atoms with van der Waals surface area (Å²) in [7, 11) is 0. The van der Waals surface area contributed by atoms with E-state index < -0.39 is 0 Å². The van der Waals surface area contributed by atoms with E-state index in [1.807, 2.05) is 62.4 Å². The summed E-state index contributed by atoms with van der Waals surface area (Å²) in [5.74, 6) is 1.13. The van der Waals surface area contributed by atoms with E-state index in [9.17, 15) is 5.11 Å². The normalized spacial score (nSPS) is 10.9. The van der Waals surface area contributed by atoms with Gasteiger partial charge in [-0.05, 0) is 83.9 Å². The second-order valence-corrected chi connectivity index (χ2v) is 8.81. The molecule has 1 N–H and O–H groups in total. The van der Waals surface area contributed by atoms with Gasteiger partial charge in [-0.25, -0.2) is 0 Å². The average molecular weight is 562 g/mol. The molecule has 0 bridgehead atoms. The molecule has 6 heteroatoms. The lowest BCUT2D eigenvalue weighted by Crippen LogP contribution is -2.25. The zero-order valence-electron chi connectivity index (χ0n) is 18.1. The number of halogens is 2. The molecule has 0 saturated carbocycles. The fourth-order valence-corrected chi connectivity index (χ4v) is 3.93. The van der Waals surface area contributed by atoms with Crippen molar-refractivity contribution in [3.63, 3.8) is 0 Å². The van der Waals surface area contributed by atoms with Crippen molar-refractivity contribution in [2.75, 3.05) is 19.8 Å². The molecular weight excluding hydrogens is 536 g/mol. The van der Waals surface area contributed by atoms with Gasteiger partial charge < -0.3 is 19.3 Å². The molecule has 0 saturated heterocycles. The van der Waals surface area contributed by atoms with Crippen LogP contribution in [0, 0.1) is 0 Å². The van der Waals surface area contributed by atoms with Crippen LogP contribution in [0.3, 0.4) is 0 Å². The number of phenolic OH excluding ortho intramolecular Hbond substituents is 1. The van der Waals surface area contributed by atoms with Crippen molar-refractivity contribution >= 4 is 53.4 Å². The highest BCUT2D eigenvalue weighted by atomic mass is 79.9. The van der Waals surface area contributed by atoms with Crippen molar-refractivity contribution in [1.29, 1.82) is 0 Å². The molecule has 4 aromatic carbocycles. The van der Waals surface area contributed by atoms with Crippen LogP contribution in [0.15, 0.2) is 81.7 Å². The third-order valence-corrected chi connectivity index (χ3v) is 5.64. The monoisotopic (exact) mass is 560 g/mol. The van der Waals surface area contributed by atoms with Gasteiger partial charge >= 0.3 is 0 Å². The predicted octanol–water partition coefficient (Wildman–Crippen LogP) is 7.69. The van der Waals surface area contributed by atoms with Gasteiger partial charge in [0.2, 0.25) is 0 Å². The fraction of sp³-hybridized carbons (Fsp3) is 0.231.